The first-order chi connectivity index (χ1) is 14.2. The Morgan fingerprint density at radius 3 is 2.76 bits per heavy atom. The molecule has 0 saturated carbocycles. The minimum atomic E-state index is -0.151. The average molecular weight is 430 g/mol. The highest BCUT2D eigenvalue weighted by Crippen LogP contribution is 2.28. The number of benzene rings is 1. The van der Waals surface area contributed by atoms with Crippen molar-refractivity contribution in [3.63, 3.8) is 0 Å². The molecular formula is C22H24ClN3O2S. The van der Waals surface area contributed by atoms with Gasteiger partial charge < -0.3 is 10.1 Å². The van der Waals surface area contributed by atoms with Crippen LogP contribution in [0.25, 0.3) is 0 Å². The van der Waals surface area contributed by atoms with E-state index in [4.69, 9.17) is 21.4 Å². The summed E-state index contributed by atoms with van der Waals surface area (Å²) in [6, 6.07) is 13.4. The van der Waals surface area contributed by atoms with E-state index in [2.05, 4.69) is 11.4 Å². The van der Waals surface area contributed by atoms with Gasteiger partial charge in [0.05, 0.1) is 22.7 Å². The van der Waals surface area contributed by atoms with Gasteiger partial charge in [0.25, 0.3) is 5.91 Å². The van der Waals surface area contributed by atoms with Crippen molar-refractivity contribution in [3.05, 3.63) is 68.6 Å². The standard InChI is InChI=1S/C22H24ClN3O2S/c1-28-20-5-3-2-4-18(20)22(27)26-16(6-7-17-8-9-21(23)29-17)14-19(25-26)15-10-12-24-13-11-15/h2-5,8-9,14-15,24H,6-7,10-13H2,1H3. The Morgan fingerprint density at radius 1 is 1.24 bits per heavy atom. The van der Waals surface area contributed by atoms with Gasteiger partial charge in [0.15, 0.2) is 0 Å². The van der Waals surface area contributed by atoms with Crippen molar-refractivity contribution in [3.8, 4) is 5.75 Å². The molecular weight excluding hydrogens is 406 g/mol. The molecule has 1 aliphatic rings. The summed E-state index contributed by atoms with van der Waals surface area (Å²) in [6.07, 6.45) is 3.64. The molecule has 4 rings (SSSR count). The molecule has 7 heteroatoms. The van der Waals surface area contributed by atoms with Crippen LogP contribution < -0.4 is 10.1 Å². The highest BCUT2D eigenvalue weighted by Gasteiger charge is 2.24. The van der Waals surface area contributed by atoms with Crippen LogP contribution in [0, 0.1) is 0 Å². The molecule has 0 unspecified atom stereocenters. The lowest BCUT2D eigenvalue weighted by atomic mass is 9.94. The van der Waals surface area contributed by atoms with Crippen molar-refractivity contribution in [1.82, 2.24) is 15.1 Å². The minimum Gasteiger partial charge on any atom is -0.496 e. The lowest BCUT2D eigenvalue weighted by Crippen LogP contribution is -2.27. The van der Waals surface area contributed by atoms with Crippen molar-refractivity contribution in [2.45, 2.75) is 31.6 Å². The molecule has 1 fully saturated rings. The van der Waals surface area contributed by atoms with E-state index in [9.17, 15) is 4.79 Å². The zero-order chi connectivity index (χ0) is 20.2. The molecule has 0 spiro atoms. The molecule has 1 aromatic carbocycles. The van der Waals surface area contributed by atoms with Crippen LogP contribution in [0.3, 0.4) is 0 Å². The third-order valence-electron chi connectivity index (χ3n) is 5.35. The van der Waals surface area contributed by atoms with E-state index >= 15 is 0 Å². The zero-order valence-corrected chi connectivity index (χ0v) is 17.9. The number of methoxy groups -OCH3 is 1. The third-order valence-corrected chi connectivity index (χ3v) is 6.64. The van der Waals surface area contributed by atoms with Crippen molar-refractivity contribution in [2.75, 3.05) is 20.2 Å². The van der Waals surface area contributed by atoms with E-state index < -0.39 is 0 Å². The highest BCUT2D eigenvalue weighted by molar-refractivity contribution is 7.16. The number of aryl methyl sites for hydroxylation is 2. The number of halogens is 1. The van der Waals surface area contributed by atoms with Crippen LogP contribution in [0.5, 0.6) is 5.75 Å². The number of para-hydroxylation sites is 1. The summed E-state index contributed by atoms with van der Waals surface area (Å²) in [5.41, 5.74) is 2.46. The Morgan fingerprint density at radius 2 is 2.03 bits per heavy atom. The molecule has 3 heterocycles. The maximum Gasteiger partial charge on any atom is 0.282 e. The quantitative estimate of drug-likeness (QED) is 0.624. The molecule has 0 aliphatic carbocycles. The number of hydrogen-bond donors (Lipinski definition) is 1. The SMILES string of the molecule is COc1ccccc1C(=O)n1nc(C2CCNCC2)cc1CCc1ccc(Cl)s1. The van der Waals surface area contributed by atoms with E-state index in [0.717, 1.165) is 54.5 Å². The van der Waals surface area contributed by atoms with Crippen molar-refractivity contribution in [2.24, 2.45) is 0 Å². The summed E-state index contributed by atoms with van der Waals surface area (Å²) in [5, 5.41) is 8.15. The molecule has 29 heavy (non-hydrogen) atoms. The van der Waals surface area contributed by atoms with Gasteiger partial charge in [-0.15, -0.1) is 11.3 Å². The van der Waals surface area contributed by atoms with Gasteiger partial charge in [0, 0.05) is 16.5 Å². The van der Waals surface area contributed by atoms with E-state index in [1.54, 1.807) is 35.3 Å². The third kappa shape index (κ3) is 4.55. The second kappa shape index (κ2) is 9.11. The minimum absolute atomic E-state index is 0.151. The number of ether oxygens (including phenoxy) is 1. The van der Waals surface area contributed by atoms with E-state index in [1.807, 2.05) is 24.3 Å². The number of carbonyl (C=O) groups is 1. The second-order valence-corrected chi connectivity index (χ2v) is 9.01. The Bertz CT molecular complexity index is 992. The predicted octanol–water partition coefficient (Wildman–Crippen LogP) is 4.55. The smallest absolute Gasteiger partial charge is 0.282 e. The number of aromatic nitrogens is 2. The van der Waals surface area contributed by atoms with E-state index in [0.29, 0.717) is 17.2 Å². The van der Waals surface area contributed by atoms with Crippen LogP contribution >= 0.6 is 22.9 Å². The zero-order valence-electron chi connectivity index (χ0n) is 16.4. The van der Waals surface area contributed by atoms with Crippen LogP contribution in [0.2, 0.25) is 4.34 Å². The second-order valence-electron chi connectivity index (χ2n) is 7.21. The Hall–Kier alpha value is -2.15. The fourth-order valence-electron chi connectivity index (χ4n) is 3.78. The van der Waals surface area contributed by atoms with Crippen LogP contribution in [0.1, 0.15) is 45.4 Å². The van der Waals surface area contributed by atoms with E-state index in [1.165, 1.54) is 4.88 Å². The largest absolute Gasteiger partial charge is 0.496 e. The number of nitrogens with one attached hydrogen (secondary N) is 1. The monoisotopic (exact) mass is 429 g/mol. The number of carbonyl (C=O) groups excluding carboxylic acids is 1. The van der Waals surface area contributed by atoms with Gasteiger partial charge in [0.2, 0.25) is 0 Å². The fourth-order valence-corrected chi connectivity index (χ4v) is 4.87. The molecule has 5 nitrogen and oxygen atoms in total. The molecule has 2 aromatic heterocycles. The summed E-state index contributed by atoms with van der Waals surface area (Å²) in [4.78, 5) is 14.6. The number of nitrogens with zero attached hydrogens (tertiary/aromatic N) is 2. The lowest BCUT2D eigenvalue weighted by molar-refractivity contribution is 0.0937. The molecule has 0 amide bonds. The summed E-state index contributed by atoms with van der Waals surface area (Å²) >= 11 is 7.65. The summed E-state index contributed by atoms with van der Waals surface area (Å²) in [7, 11) is 1.58. The molecule has 1 aliphatic heterocycles. The number of thiophene rings is 1. The Kier molecular flexibility index (Phi) is 6.33. The molecule has 3 aromatic rings. The molecule has 0 radical (unpaired) electrons. The van der Waals surface area contributed by atoms with Crippen molar-refractivity contribution >= 4 is 28.8 Å². The van der Waals surface area contributed by atoms with Gasteiger partial charge in [-0.1, -0.05) is 23.7 Å². The fraction of sp³-hybridized carbons (Fsp3) is 0.364. The van der Waals surface area contributed by atoms with Gasteiger partial charge >= 0.3 is 0 Å². The van der Waals surface area contributed by atoms with Crippen molar-refractivity contribution < 1.29 is 9.53 Å². The summed E-state index contributed by atoms with van der Waals surface area (Å²) in [5.74, 6) is 0.798. The molecule has 0 atom stereocenters. The number of hydrogen-bond acceptors (Lipinski definition) is 5. The highest BCUT2D eigenvalue weighted by atomic mass is 35.5. The van der Waals surface area contributed by atoms with Gasteiger partial charge in [-0.2, -0.15) is 5.10 Å². The lowest BCUT2D eigenvalue weighted by Gasteiger charge is -2.20. The summed E-state index contributed by atoms with van der Waals surface area (Å²) in [6.45, 7) is 1.97. The molecule has 0 bridgehead atoms. The first-order valence-corrected chi connectivity index (χ1v) is 11.1. The van der Waals surface area contributed by atoms with Crippen molar-refractivity contribution in [1.29, 1.82) is 0 Å². The number of piperidine rings is 1. The average Bonchev–Trinajstić information content (AvgIpc) is 3.38. The topological polar surface area (TPSA) is 56.2 Å². The first kappa shape index (κ1) is 20.1. The molecule has 1 N–H and O–H groups in total. The number of rotatable bonds is 6. The van der Waals surface area contributed by atoms with E-state index in [-0.39, 0.29) is 5.91 Å². The van der Waals surface area contributed by atoms with Crippen LogP contribution in [0.15, 0.2) is 42.5 Å². The van der Waals surface area contributed by atoms with Gasteiger partial charge in [-0.25, -0.2) is 4.68 Å². The van der Waals surface area contributed by atoms with Crippen LogP contribution in [-0.2, 0) is 12.8 Å². The predicted molar refractivity (Wildman–Crippen MR) is 117 cm³/mol. The van der Waals surface area contributed by atoms with Gasteiger partial charge in [-0.3, -0.25) is 4.79 Å². The normalized spacial score (nSPS) is 14.8. The maximum atomic E-state index is 13.3. The Balaban J connectivity index is 1.65. The molecule has 1 saturated heterocycles. The van der Waals surface area contributed by atoms with Crippen LogP contribution in [-0.4, -0.2) is 35.9 Å². The van der Waals surface area contributed by atoms with Crippen LogP contribution in [0.4, 0.5) is 0 Å². The molecule has 152 valence electrons. The van der Waals surface area contributed by atoms with Gasteiger partial charge in [0.1, 0.15) is 5.75 Å². The maximum absolute atomic E-state index is 13.3. The first-order valence-electron chi connectivity index (χ1n) is 9.87. The Labute approximate surface area is 179 Å². The van der Waals surface area contributed by atoms with Gasteiger partial charge in [-0.05, 0) is 69.1 Å². The summed E-state index contributed by atoms with van der Waals surface area (Å²) < 4.78 is 7.76.